The number of carbonyl (C=O) groups excluding carboxylic acids is 1. The zero-order chi connectivity index (χ0) is 18.4. The highest BCUT2D eigenvalue weighted by Crippen LogP contribution is 2.23. The van der Waals surface area contributed by atoms with Gasteiger partial charge in [-0.3, -0.25) is 4.79 Å². The van der Waals surface area contributed by atoms with Crippen molar-refractivity contribution in [3.05, 3.63) is 59.2 Å². The normalized spacial score (nSPS) is 15.9. The molecule has 0 bridgehead atoms. The molecule has 146 valence electrons. The molecule has 1 aliphatic rings. The van der Waals surface area contributed by atoms with E-state index in [9.17, 15) is 4.79 Å². The van der Waals surface area contributed by atoms with Crippen LogP contribution >= 0.6 is 12.4 Å². The van der Waals surface area contributed by atoms with Crippen molar-refractivity contribution in [2.75, 3.05) is 18.4 Å². The molecule has 0 aromatic heterocycles. The topological polar surface area (TPSA) is 50.4 Å². The summed E-state index contributed by atoms with van der Waals surface area (Å²) in [6, 6.07) is 14.1. The summed E-state index contributed by atoms with van der Waals surface area (Å²) in [7, 11) is 0. The molecule has 4 nitrogen and oxygen atoms in total. The molecule has 27 heavy (non-hydrogen) atoms. The van der Waals surface area contributed by atoms with Crippen LogP contribution in [0.25, 0.3) is 0 Å². The summed E-state index contributed by atoms with van der Waals surface area (Å²) in [6.07, 6.45) is 2.71. The van der Waals surface area contributed by atoms with E-state index in [4.69, 9.17) is 4.74 Å². The molecule has 0 saturated carbocycles. The maximum atomic E-state index is 12.2. The molecule has 2 aromatic rings. The van der Waals surface area contributed by atoms with Crippen molar-refractivity contribution < 1.29 is 9.53 Å². The van der Waals surface area contributed by atoms with Crippen LogP contribution in [-0.4, -0.2) is 19.0 Å². The maximum Gasteiger partial charge on any atom is 0.224 e. The van der Waals surface area contributed by atoms with E-state index in [2.05, 4.69) is 35.8 Å². The average molecular weight is 389 g/mol. The number of halogens is 1. The Morgan fingerprint density at radius 1 is 1.22 bits per heavy atom. The predicted octanol–water partition coefficient (Wildman–Crippen LogP) is 4.63. The fourth-order valence-electron chi connectivity index (χ4n) is 3.34. The molecule has 2 aromatic carbocycles. The molecule has 0 aliphatic carbocycles. The van der Waals surface area contributed by atoms with Gasteiger partial charge in [0.2, 0.25) is 5.91 Å². The second-order valence-electron chi connectivity index (χ2n) is 7.20. The van der Waals surface area contributed by atoms with Crippen LogP contribution in [0.1, 0.15) is 36.0 Å². The van der Waals surface area contributed by atoms with Gasteiger partial charge in [0.05, 0.1) is 0 Å². The van der Waals surface area contributed by atoms with Crippen molar-refractivity contribution in [3.8, 4) is 5.75 Å². The highest BCUT2D eigenvalue weighted by molar-refractivity contribution is 5.91. The summed E-state index contributed by atoms with van der Waals surface area (Å²) in [5.41, 5.74) is 4.26. The van der Waals surface area contributed by atoms with Gasteiger partial charge in [0.1, 0.15) is 12.4 Å². The number of hydrogen-bond donors (Lipinski definition) is 2. The first-order valence-corrected chi connectivity index (χ1v) is 9.40. The smallest absolute Gasteiger partial charge is 0.224 e. The van der Waals surface area contributed by atoms with Crippen LogP contribution in [0, 0.1) is 19.8 Å². The van der Waals surface area contributed by atoms with Crippen molar-refractivity contribution >= 4 is 24.0 Å². The largest absolute Gasteiger partial charge is 0.489 e. The van der Waals surface area contributed by atoms with Crippen molar-refractivity contribution in [1.82, 2.24) is 5.32 Å². The Hall–Kier alpha value is -2.04. The number of hydrogen-bond acceptors (Lipinski definition) is 3. The van der Waals surface area contributed by atoms with E-state index >= 15 is 0 Å². The molecule has 1 saturated heterocycles. The fraction of sp³-hybridized carbons (Fsp3) is 0.409. The van der Waals surface area contributed by atoms with Crippen LogP contribution in [0.15, 0.2) is 42.5 Å². The maximum absolute atomic E-state index is 12.2. The summed E-state index contributed by atoms with van der Waals surface area (Å²) in [5.74, 6) is 1.55. The third kappa shape index (κ3) is 6.56. The van der Waals surface area contributed by atoms with E-state index in [1.807, 2.05) is 31.2 Å². The van der Waals surface area contributed by atoms with Crippen molar-refractivity contribution in [2.24, 2.45) is 5.92 Å². The molecular weight excluding hydrogens is 360 g/mol. The van der Waals surface area contributed by atoms with Crippen LogP contribution in [-0.2, 0) is 11.4 Å². The lowest BCUT2D eigenvalue weighted by Gasteiger charge is -2.13. The first-order chi connectivity index (χ1) is 12.6. The van der Waals surface area contributed by atoms with Gasteiger partial charge >= 0.3 is 0 Å². The van der Waals surface area contributed by atoms with Gasteiger partial charge in [-0.05, 0) is 75.0 Å². The highest BCUT2D eigenvalue weighted by atomic mass is 35.5. The molecule has 0 radical (unpaired) electrons. The lowest BCUT2D eigenvalue weighted by Crippen LogP contribution is -2.15. The monoisotopic (exact) mass is 388 g/mol. The molecule has 1 unspecified atom stereocenters. The molecule has 3 rings (SSSR count). The first kappa shape index (κ1) is 21.3. The summed E-state index contributed by atoms with van der Waals surface area (Å²) in [6.45, 7) is 6.74. The number of benzene rings is 2. The molecule has 0 spiro atoms. The van der Waals surface area contributed by atoms with Gasteiger partial charge < -0.3 is 15.4 Å². The van der Waals surface area contributed by atoms with E-state index in [1.165, 1.54) is 12.0 Å². The number of amides is 1. The van der Waals surface area contributed by atoms with Crippen LogP contribution in [0.4, 0.5) is 5.69 Å². The summed E-state index contributed by atoms with van der Waals surface area (Å²) >= 11 is 0. The number of ether oxygens (including phenoxy) is 1. The van der Waals surface area contributed by atoms with Gasteiger partial charge in [0.15, 0.2) is 0 Å². The zero-order valence-corrected chi connectivity index (χ0v) is 16.9. The fourth-order valence-corrected chi connectivity index (χ4v) is 3.34. The van der Waals surface area contributed by atoms with Crippen molar-refractivity contribution in [1.29, 1.82) is 0 Å². The van der Waals surface area contributed by atoms with Gasteiger partial charge in [-0.2, -0.15) is 0 Å². The summed E-state index contributed by atoms with van der Waals surface area (Å²) in [4.78, 5) is 12.2. The lowest BCUT2D eigenvalue weighted by molar-refractivity contribution is -0.116. The van der Waals surface area contributed by atoms with Crippen LogP contribution in [0.2, 0.25) is 0 Å². The minimum Gasteiger partial charge on any atom is -0.489 e. The number of carbonyl (C=O) groups is 1. The molecule has 1 atom stereocenters. The molecular formula is C22H29ClN2O2. The Kier molecular flexibility index (Phi) is 8.14. The van der Waals surface area contributed by atoms with E-state index in [0.29, 0.717) is 18.9 Å². The summed E-state index contributed by atoms with van der Waals surface area (Å²) < 4.78 is 5.88. The molecule has 2 N–H and O–H groups in total. The second kappa shape index (κ2) is 10.3. The predicted molar refractivity (Wildman–Crippen MR) is 113 cm³/mol. The Morgan fingerprint density at radius 3 is 2.78 bits per heavy atom. The molecule has 1 fully saturated rings. The van der Waals surface area contributed by atoms with E-state index in [1.54, 1.807) is 0 Å². The molecule has 1 aliphatic heterocycles. The quantitative estimate of drug-likeness (QED) is 0.726. The number of aryl methyl sites for hydroxylation is 2. The van der Waals surface area contributed by atoms with Crippen LogP contribution in [0.3, 0.4) is 0 Å². The highest BCUT2D eigenvalue weighted by Gasteiger charge is 2.16. The molecule has 1 heterocycles. The first-order valence-electron chi connectivity index (χ1n) is 9.40. The van der Waals surface area contributed by atoms with Gasteiger partial charge in [0.25, 0.3) is 0 Å². The Morgan fingerprint density at radius 2 is 2.07 bits per heavy atom. The number of rotatable bonds is 7. The Labute approximate surface area is 168 Å². The van der Waals surface area contributed by atoms with Gasteiger partial charge in [0, 0.05) is 12.1 Å². The second-order valence-corrected chi connectivity index (χ2v) is 7.20. The SMILES string of the molecule is Cc1cccc(COc2ccc(NC(=O)CCC3CCNC3)c(C)c2)c1.Cl. The van der Waals surface area contributed by atoms with Gasteiger partial charge in [-0.1, -0.05) is 29.8 Å². The van der Waals surface area contributed by atoms with Crippen LogP contribution < -0.4 is 15.4 Å². The Bertz CT molecular complexity index is 758. The van der Waals surface area contributed by atoms with Crippen molar-refractivity contribution in [3.63, 3.8) is 0 Å². The van der Waals surface area contributed by atoms with Gasteiger partial charge in [-0.25, -0.2) is 0 Å². The molecule has 5 heteroatoms. The third-order valence-electron chi connectivity index (χ3n) is 4.90. The van der Waals surface area contributed by atoms with Crippen LogP contribution in [0.5, 0.6) is 5.75 Å². The minimum atomic E-state index is 0. The van der Waals surface area contributed by atoms with Gasteiger partial charge in [-0.15, -0.1) is 12.4 Å². The number of nitrogens with one attached hydrogen (secondary N) is 2. The molecule has 1 amide bonds. The van der Waals surface area contributed by atoms with E-state index < -0.39 is 0 Å². The average Bonchev–Trinajstić information content (AvgIpc) is 3.14. The number of anilines is 1. The lowest BCUT2D eigenvalue weighted by atomic mass is 10.0. The third-order valence-corrected chi connectivity index (χ3v) is 4.90. The van der Waals surface area contributed by atoms with E-state index in [-0.39, 0.29) is 18.3 Å². The minimum absolute atomic E-state index is 0. The standard InChI is InChI=1S/C22H28N2O2.ClH/c1-16-4-3-5-19(12-16)15-26-20-7-8-21(17(2)13-20)24-22(25)9-6-18-10-11-23-14-18;/h3-5,7-8,12-13,18,23H,6,9-11,14-15H2,1-2H3,(H,24,25);1H. The Balaban J connectivity index is 0.00000261. The van der Waals surface area contributed by atoms with Crippen molar-refractivity contribution in [2.45, 2.75) is 39.7 Å². The summed E-state index contributed by atoms with van der Waals surface area (Å²) in [5, 5.41) is 6.37. The van der Waals surface area contributed by atoms with E-state index in [0.717, 1.165) is 42.1 Å². The zero-order valence-electron chi connectivity index (χ0n) is 16.1.